The molecule has 0 radical (unpaired) electrons. The van der Waals surface area contributed by atoms with Gasteiger partial charge in [0, 0.05) is 18.8 Å². The smallest absolute Gasteiger partial charge is 0.412 e. The summed E-state index contributed by atoms with van der Waals surface area (Å²) in [6.45, 7) is 4.43. The second-order valence-electron chi connectivity index (χ2n) is 7.60. The van der Waals surface area contributed by atoms with E-state index in [0.717, 1.165) is 31.2 Å². The Hall–Kier alpha value is -2.38. The van der Waals surface area contributed by atoms with Crippen molar-refractivity contribution in [2.24, 2.45) is 5.92 Å². The van der Waals surface area contributed by atoms with E-state index in [2.05, 4.69) is 27.3 Å². The summed E-state index contributed by atoms with van der Waals surface area (Å²) < 4.78 is 15.7. The molecule has 2 saturated heterocycles. The van der Waals surface area contributed by atoms with Crippen molar-refractivity contribution in [1.82, 2.24) is 9.88 Å². The highest BCUT2D eigenvalue weighted by molar-refractivity contribution is 5.84. The molecule has 0 bridgehead atoms. The molecule has 7 heteroatoms. The number of nitrogens with one attached hydrogen (secondary N) is 1. The quantitative estimate of drug-likeness (QED) is 0.786. The highest BCUT2D eigenvalue weighted by atomic mass is 16.6. The molecule has 1 atom stereocenters. The first-order valence-electron chi connectivity index (χ1n) is 9.98. The van der Waals surface area contributed by atoms with Gasteiger partial charge in [0.15, 0.2) is 18.8 Å². The number of nitrogens with zero attached hydrogens (tertiary/aromatic N) is 2. The van der Waals surface area contributed by atoms with Crippen molar-refractivity contribution < 1.29 is 18.7 Å². The normalized spacial score (nSPS) is 20.5. The zero-order chi connectivity index (χ0) is 19.2. The molecule has 28 heavy (non-hydrogen) atoms. The Kier molecular flexibility index (Phi) is 6.24. The van der Waals surface area contributed by atoms with Crippen LogP contribution in [0.2, 0.25) is 0 Å². The van der Waals surface area contributed by atoms with E-state index in [4.69, 9.17) is 13.9 Å². The highest BCUT2D eigenvalue weighted by Gasteiger charge is 2.25. The molecule has 1 amide bonds. The van der Waals surface area contributed by atoms with Crippen LogP contribution in [0.3, 0.4) is 0 Å². The number of benzene rings is 1. The van der Waals surface area contributed by atoms with Crippen molar-refractivity contribution in [1.29, 1.82) is 0 Å². The van der Waals surface area contributed by atoms with E-state index in [1.165, 1.54) is 50.5 Å². The van der Waals surface area contributed by atoms with Crippen LogP contribution in [0.4, 0.5) is 10.5 Å². The van der Waals surface area contributed by atoms with Gasteiger partial charge in [-0.25, -0.2) is 9.78 Å². The van der Waals surface area contributed by atoms with Gasteiger partial charge in [-0.15, -0.1) is 0 Å². The Balaban J connectivity index is 1.17. The molecule has 0 aliphatic carbocycles. The fraction of sp³-hybridized carbons (Fsp3) is 0.524. The Labute approximate surface area is 165 Å². The van der Waals surface area contributed by atoms with Crippen molar-refractivity contribution in [3.05, 3.63) is 48.2 Å². The molecular formula is C21H27N3O4. The molecule has 2 aromatic rings. The number of likely N-dealkylation sites (tertiary alicyclic amines) is 1. The lowest BCUT2D eigenvalue weighted by atomic mass is 9.90. The van der Waals surface area contributed by atoms with Gasteiger partial charge in [-0.1, -0.05) is 12.1 Å². The molecule has 150 valence electrons. The van der Waals surface area contributed by atoms with Crippen LogP contribution in [0.15, 0.2) is 41.3 Å². The monoisotopic (exact) mass is 385 g/mol. The Morgan fingerprint density at radius 1 is 1.21 bits per heavy atom. The lowest BCUT2D eigenvalue weighted by Crippen LogP contribution is -2.43. The summed E-state index contributed by atoms with van der Waals surface area (Å²) in [4.78, 5) is 18.2. The first-order chi connectivity index (χ1) is 13.7. The van der Waals surface area contributed by atoms with Gasteiger partial charge in [0.25, 0.3) is 0 Å². The lowest BCUT2D eigenvalue weighted by molar-refractivity contribution is -0.0699. The van der Waals surface area contributed by atoms with Crippen LogP contribution in [-0.2, 0) is 22.5 Å². The number of rotatable bonds is 7. The van der Waals surface area contributed by atoms with E-state index < -0.39 is 6.09 Å². The first-order valence-corrected chi connectivity index (χ1v) is 9.98. The third-order valence-electron chi connectivity index (χ3n) is 5.52. The van der Waals surface area contributed by atoms with Gasteiger partial charge in [-0.2, -0.15) is 0 Å². The van der Waals surface area contributed by atoms with E-state index in [9.17, 15) is 4.79 Å². The number of oxazole rings is 1. The second kappa shape index (κ2) is 9.21. The second-order valence-corrected chi connectivity index (χ2v) is 7.60. The summed E-state index contributed by atoms with van der Waals surface area (Å²) in [5, 5.41) is 2.73. The molecule has 0 spiro atoms. The molecule has 1 unspecified atom stereocenters. The third-order valence-corrected chi connectivity index (χ3v) is 5.52. The van der Waals surface area contributed by atoms with Crippen LogP contribution in [0.5, 0.6) is 0 Å². The van der Waals surface area contributed by atoms with Crippen LogP contribution in [0.1, 0.15) is 30.6 Å². The molecule has 2 fully saturated rings. The molecule has 0 saturated carbocycles. The Morgan fingerprint density at radius 2 is 2.00 bits per heavy atom. The van der Waals surface area contributed by atoms with Crippen LogP contribution in [-0.4, -0.2) is 48.3 Å². The molecule has 1 aromatic carbocycles. The van der Waals surface area contributed by atoms with Crippen molar-refractivity contribution in [3.8, 4) is 0 Å². The van der Waals surface area contributed by atoms with Gasteiger partial charge in [-0.3, -0.25) is 5.32 Å². The van der Waals surface area contributed by atoms with Crippen molar-refractivity contribution in [2.45, 2.75) is 38.4 Å². The van der Waals surface area contributed by atoms with Gasteiger partial charge in [-0.05, 0) is 62.4 Å². The van der Waals surface area contributed by atoms with Crippen molar-refractivity contribution in [3.63, 3.8) is 0 Å². The maximum absolute atomic E-state index is 11.8. The number of piperidine rings is 1. The molecule has 7 nitrogen and oxygen atoms in total. The maximum Gasteiger partial charge on any atom is 0.412 e. The first kappa shape index (κ1) is 19.0. The average Bonchev–Trinajstić information content (AvgIpc) is 3.20. The van der Waals surface area contributed by atoms with Crippen LogP contribution >= 0.6 is 0 Å². The SMILES string of the molecule is O=C(Nc1ccc(CC2CCN(CC3CCO3)CC2)cc1)OCc1cnco1. The van der Waals surface area contributed by atoms with Gasteiger partial charge in [0.2, 0.25) is 0 Å². The maximum atomic E-state index is 11.8. The summed E-state index contributed by atoms with van der Waals surface area (Å²) in [6, 6.07) is 8.02. The number of carbonyl (C=O) groups excluding carboxylic acids is 1. The molecule has 2 aliphatic rings. The largest absolute Gasteiger partial charge is 0.445 e. The fourth-order valence-electron chi connectivity index (χ4n) is 3.75. The minimum Gasteiger partial charge on any atom is -0.445 e. The van der Waals surface area contributed by atoms with Crippen LogP contribution < -0.4 is 5.32 Å². The van der Waals surface area contributed by atoms with Crippen molar-refractivity contribution >= 4 is 11.8 Å². The van der Waals surface area contributed by atoms with Crippen LogP contribution in [0.25, 0.3) is 0 Å². The van der Waals surface area contributed by atoms with Gasteiger partial charge >= 0.3 is 6.09 Å². The topological polar surface area (TPSA) is 76.8 Å². The number of carbonyl (C=O) groups is 1. The zero-order valence-electron chi connectivity index (χ0n) is 16.0. The molecule has 3 heterocycles. The molecular weight excluding hydrogens is 358 g/mol. The minimum absolute atomic E-state index is 0.0650. The highest BCUT2D eigenvalue weighted by Crippen LogP contribution is 2.24. The van der Waals surface area contributed by atoms with Gasteiger partial charge in [0.05, 0.1) is 12.3 Å². The van der Waals surface area contributed by atoms with Gasteiger partial charge in [0.1, 0.15) is 0 Å². The third kappa shape index (κ3) is 5.33. The predicted molar refractivity (Wildman–Crippen MR) is 104 cm³/mol. The number of aromatic nitrogens is 1. The zero-order valence-corrected chi connectivity index (χ0v) is 16.0. The lowest BCUT2D eigenvalue weighted by Gasteiger charge is -2.37. The summed E-state index contributed by atoms with van der Waals surface area (Å²) >= 11 is 0. The number of hydrogen-bond donors (Lipinski definition) is 1. The molecule has 1 aromatic heterocycles. The fourth-order valence-corrected chi connectivity index (χ4v) is 3.75. The van der Waals surface area contributed by atoms with E-state index in [0.29, 0.717) is 11.9 Å². The molecule has 4 rings (SSSR count). The molecule has 2 aliphatic heterocycles. The predicted octanol–water partition coefficient (Wildman–Crippen LogP) is 3.47. The number of anilines is 1. The number of ether oxygens (including phenoxy) is 2. The summed E-state index contributed by atoms with van der Waals surface area (Å²) in [7, 11) is 0. The van der Waals surface area contributed by atoms with Crippen molar-refractivity contribution in [2.75, 3.05) is 31.6 Å². The number of amides is 1. The Bertz CT molecular complexity index is 736. The van der Waals surface area contributed by atoms with Gasteiger partial charge < -0.3 is 18.8 Å². The van der Waals surface area contributed by atoms with Crippen LogP contribution in [0, 0.1) is 5.92 Å². The van der Waals surface area contributed by atoms with E-state index in [1.807, 2.05) is 12.1 Å². The van der Waals surface area contributed by atoms with E-state index >= 15 is 0 Å². The summed E-state index contributed by atoms with van der Waals surface area (Å²) in [5.74, 6) is 1.24. The number of hydrogen-bond acceptors (Lipinski definition) is 6. The van der Waals surface area contributed by atoms with E-state index in [1.54, 1.807) is 0 Å². The summed E-state index contributed by atoms with van der Waals surface area (Å²) in [6.07, 6.45) is 7.57. The summed E-state index contributed by atoms with van der Waals surface area (Å²) in [5.41, 5.74) is 2.03. The van der Waals surface area contributed by atoms with E-state index in [-0.39, 0.29) is 6.61 Å². The molecule has 1 N–H and O–H groups in total. The Morgan fingerprint density at radius 3 is 2.64 bits per heavy atom. The minimum atomic E-state index is -0.507. The standard InChI is InChI=1S/C21H27N3O4/c25-21(27-14-20-12-22-15-28-20)23-18-3-1-16(2-4-18)11-17-5-8-24(9-6-17)13-19-7-10-26-19/h1-4,12,15,17,19H,5-11,13-14H2,(H,23,25). The average molecular weight is 385 g/mol.